The largest absolute Gasteiger partial charge is 0.449 e. The first kappa shape index (κ1) is 20.8. The number of carbonyl (C=O) groups excluding carboxylic acids is 1. The van der Waals surface area contributed by atoms with Crippen LogP contribution in [0, 0.1) is 0 Å². The second-order valence-corrected chi connectivity index (χ2v) is 16.4. The van der Waals surface area contributed by atoms with E-state index in [0.29, 0.717) is 22.7 Å². The fraction of sp³-hybridized carbons (Fsp3) is 0.773. The number of rotatable bonds is 5. The fourth-order valence-electron chi connectivity index (χ4n) is 6.73. The quantitative estimate of drug-likeness (QED) is 0.406. The maximum atomic E-state index is 12.3. The van der Waals surface area contributed by atoms with E-state index in [1.165, 1.54) is 10.1 Å². The minimum atomic E-state index is -2.00. The van der Waals surface area contributed by atoms with Gasteiger partial charge in [0.1, 0.15) is 0 Å². The van der Waals surface area contributed by atoms with Gasteiger partial charge in [-0.2, -0.15) is 0 Å². The molecule has 156 valence electrons. The molecule has 0 unspecified atom stereocenters. The Morgan fingerprint density at radius 1 is 1.21 bits per heavy atom. The highest BCUT2D eigenvalue weighted by Gasteiger charge is 2.64. The van der Waals surface area contributed by atoms with Gasteiger partial charge in [0.15, 0.2) is 5.60 Å². The van der Waals surface area contributed by atoms with E-state index in [2.05, 4.69) is 68.4 Å². The summed E-state index contributed by atoms with van der Waals surface area (Å²) in [4.78, 5) is 14.8. The van der Waals surface area contributed by atoms with Gasteiger partial charge >= 0.3 is 5.97 Å². The zero-order valence-electron chi connectivity index (χ0n) is 18.0. The van der Waals surface area contributed by atoms with Gasteiger partial charge in [-0.25, -0.2) is 4.79 Å². The average molecular weight is 469 g/mol. The highest BCUT2D eigenvalue weighted by atomic mass is 79.9. The van der Waals surface area contributed by atoms with E-state index >= 15 is 0 Å². The molecule has 4 atom stereocenters. The molecule has 1 saturated carbocycles. The topological polar surface area (TPSA) is 38.8 Å². The van der Waals surface area contributed by atoms with Crippen molar-refractivity contribution >= 4 is 30.2 Å². The van der Waals surface area contributed by atoms with Crippen molar-refractivity contribution in [3.63, 3.8) is 0 Å². The lowest BCUT2D eigenvalue weighted by molar-refractivity contribution is -0.175. The molecule has 28 heavy (non-hydrogen) atoms. The molecule has 6 heteroatoms. The van der Waals surface area contributed by atoms with Gasteiger partial charge in [-0.3, -0.25) is 4.90 Å². The van der Waals surface area contributed by atoms with Gasteiger partial charge in [0.2, 0.25) is 8.32 Å². The smallest absolute Gasteiger partial charge is 0.331 e. The number of fused-ring (bicyclic) bond motifs is 1. The fourth-order valence-corrected chi connectivity index (χ4v) is 12.7. The van der Waals surface area contributed by atoms with E-state index in [4.69, 9.17) is 9.16 Å². The van der Waals surface area contributed by atoms with Gasteiger partial charge in [0.25, 0.3) is 0 Å². The van der Waals surface area contributed by atoms with Crippen molar-refractivity contribution in [2.45, 2.75) is 101 Å². The second-order valence-electron chi connectivity index (χ2n) is 9.98. The van der Waals surface area contributed by atoms with Crippen LogP contribution in [0.4, 0.5) is 0 Å². The maximum Gasteiger partial charge on any atom is 0.331 e. The molecule has 5 aliphatic rings. The van der Waals surface area contributed by atoms with E-state index in [1.54, 1.807) is 6.08 Å². The Labute approximate surface area is 179 Å². The van der Waals surface area contributed by atoms with Crippen molar-refractivity contribution in [3.05, 3.63) is 22.2 Å². The average Bonchev–Trinajstić information content (AvgIpc) is 2.94. The molecule has 0 aromatic heterocycles. The Kier molecular flexibility index (Phi) is 5.26. The maximum absolute atomic E-state index is 12.3. The van der Waals surface area contributed by atoms with E-state index < -0.39 is 13.9 Å². The number of halogens is 1. The zero-order chi connectivity index (χ0) is 20.4. The first-order chi connectivity index (χ1) is 13.1. The molecule has 0 aromatic rings. The molecular weight excluding hydrogens is 434 g/mol. The predicted octanol–water partition coefficient (Wildman–Crippen LogP) is 5.30. The molecule has 0 N–H and O–H groups in total. The van der Waals surface area contributed by atoms with Crippen molar-refractivity contribution in [2.24, 2.45) is 0 Å². The van der Waals surface area contributed by atoms with Gasteiger partial charge < -0.3 is 9.16 Å². The van der Waals surface area contributed by atoms with Gasteiger partial charge in [-0.15, -0.1) is 0 Å². The van der Waals surface area contributed by atoms with Crippen LogP contribution in [0.25, 0.3) is 0 Å². The Hall–Kier alpha value is -0.433. The minimum absolute atomic E-state index is 0.139. The van der Waals surface area contributed by atoms with Gasteiger partial charge in [-0.1, -0.05) is 63.5 Å². The van der Waals surface area contributed by atoms with Crippen molar-refractivity contribution in [2.75, 3.05) is 6.54 Å². The van der Waals surface area contributed by atoms with Crippen LogP contribution in [0.1, 0.15) is 60.8 Å². The number of ether oxygens (including phenoxy) is 1. The van der Waals surface area contributed by atoms with Crippen molar-refractivity contribution in [1.82, 2.24) is 4.90 Å². The van der Waals surface area contributed by atoms with Gasteiger partial charge in [0.05, 0.1) is 12.1 Å². The summed E-state index contributed by atoms with van der Waals surface area (Å²) < 4.78 is 14.6. The van der Waals surface area contributed by atoms with Crippen molar-refractivity contribution in [1.29, 1.82) is 0 Å². The van der Waals surface area contributed by atoms with Crippen molar-refractivity contribution < 1.29 is 14.0 Å². The van der Waals surface area contributed by atoms with Crippen LogP contribution < -0.4 is 0 Å². The Bertz CT molecular complexity index is 710. The normalized spacial score (nSPS) is 35.2. The monoisotopic (exact) mass is 467 g/mol. The lowest BCUT2D eigenvalue weighted by Crippen LogP contribution is -2.72. The minimum Gasteiger partial charge on any atom is -0.449 e. The van der Waals surface area contributed by atoms with Crippen LogP contribution in [0.3, 0.4) is 0 Å². The third-order valence-electron chi connectivity index (χ3n) is 7.75. The molecule has 2 bridgehead atoms. The summed E-state index contributed by atoms with van der Waals surface area (Å²) in [6, 6.07) is 0.479. The van der Waals surface area contributed by atoms with E-state index in [0.717, 1.165) is 25.8 Å². The molecule has 4 aliphatic heterocycles. The first-order valence-electron chi connectivity index (χ1n) is 10.9. The number of carbonyl (C=O) groups is 1. The third kappa shape index (κ3) is 2.85. The van der Waals surface area contributed by atoms with E-state index in [9.17, 15) is 4.79 Å². The lowest BCUT2D eigenvalue weighted by Gasteiger charge is -2.61. The van der Waals surface area contributed by atoms with Gasteiger partial charge in [0, 0.05) is 25.1 Å². The zero-order valence-corrected chi connectivity index (χ0v) is 20.6. The third-order valence-corrected chi connectivity index (χ3v) is 14.5. The first-order valence-corrected chi connectivity index (χ1v) is 13.8. The molecule has 0 aromatic carbocycles. The van der Waals surface area contributed by atoms with Crippen LogP contribution in [-0.4, -0.2) is 49.5 Å². The standard InChI is InChI=1S/C22H34BrNO3Si/c1-13(2)28(14(3)4,15(5)6)27-19-12-22-16(10-21(25)26-22)9-18(19)24-8-7-17(23)11-20(22)24/h10-11,13-15,18-20H,7-9,12H2,1-6H3/t18-,19-,20+,22+/m0/s1. The molecule has 0 radical (unpaired) electrons. The SMILES string of the molecule is CC(C)[Si](O[C@H]1C[C@@]23OC(=O)C=C2C[C@@H]1N1CCC(Br)=C[C@@H]13)(C(C)C)C(C)C. The molecular formula is C22H34BrNO3Si. The summed E-state index contributed by atoms with van der Waals surface area (Å²) in [5, 5.41) is 0. The molecule has 4 heterocycles. The summed E-state index contributed by atoms with van der Waals surface area (Å²) in [6.45, 7) is 15.1. The summed E-state index contributed by atoms with van der Waals surface area (Å²) in [5.41, 5.74) is 2.32. The molecule has 1 aliphatic carbocycles. The van der Waals surface area contributed by atoms with E-state index in [1.807, 2.05) is 0 Å². The van der Waals surface area contributed by atoms with Crippen LogP contribution >= 0.6 is 15.9 Å². The number of nitrogens with zero attached hydrogens (tertiary/aromatic N) is 1. The lowest BCUT2D eigenvalue weighted by atomic mass is 9.66. The Balaban J connectivity index is 1.73. The molecule has 0 amide bonds. The van der Waals surface area contributed by atoms with Crippen LogP contribution in [0.2, 0.25) is 16.6 Å². The summed E-state index contributed by atoms with van der Waals surface area (Å²) in [7, 11) is -2.00. The Morgan fingerprint density at radius 2 is 1.86 bits per heavy atom. The molecule has 1 spiro atoms. The molecule has 5 rings (SSSR count). The predicted molar refractivity (Wildman–Crippen MR) is 118 cm³/mol. The highest BCUT2D eigenvalue weighted by Crippen LogP contribution is 2.55. The number of piperidine rings is 2. The molecule has 3 fully saturated rings. The highest BCUT2D eigenvalue weighted by molar-refractivity contribution is 9.11. The second kappa shape index (κ2) is 7.07. The van der Waals surface area contributed by atoms with Crippen molar-refractivity contribution in [3.8, 4) is 0 Å². The number of hydrogen-bond acceptors (Lipinski definition) is 4. The summed E-state index contributed by atoms with van der Waals surface area (Å²) in [6.07, 6.45) is 6.89. The summed E-state index contributed by atoms with van der Waals surface area (Å²) >= 11 is 3.70. The van der Waals surface area contributed by atoms with E-state index in [-0.39, 0.29) is 18.1 Å². The number of hydrogen-bond donors (Lipinski definition) is 0. The molecule has 4 nitrogen and oxygen atoms in total. The van der Waals surface area contributed by atoms with Gasteiger partial charge in [-0.05, 0) is 39.5 Å². The number of esters is 1. The Morgan fingerprint density at radius 3 is 2.46 bits per heavy atom. The summed E-state index contributed by atoms with van der Waals surface area (Å²) in [5.74, 6) is -0.175. The molecule has 2 saturated heterocycles. The van der Waals surface area contributed by atoms with Crippen LogP contribution in [-0.2, 0) is 14.0 Å². The van der Waals surface area contributed by atoms with Crippen LogP contribution in [0.15, 0.2) is 22.2 Å². The van der Waals surface area contributed by atoms with Crippen LogP contribution in [0.5, 0.6) is 0 Å².